The Labute approximate surface area is 226 Å². The van der Waals surface area contributed by atoms with Gasteiger partial charge in [0.05, 0.1) is 28.4 Å². The number of nitrogens with one attached hydrogen (secondary N) is 2. The highest BCUT2D eigenvalue weighted by molar-refractivity contribution is 5.58. The number of aromatic nitrogens is 4. The molecule has 0 spiro atoms. The van der Waals surface area contributed by atoms with E-state index in [1.807, 2.05) is 86.6 Å². The second-order valence-corrected chi connectivity index (χ2v) is 9.60. The van der Waals surface area contributed by atoms with E-state index in [9.17, 15) is 14.7 Å². The van der Waals surface area contributed by atoms with Gasteiger partial charge in [-0.2, -0.15) is 0 Å². The van der Waals surface area contributed by atoms with Gasteiger partial charge in [-0.25, -0.2) is 9.36 Å². The summed E-state index contributed by atoms with van der Waals surface area (Å²) in [4.78, 5) is 30.1. The fourth-order valence-electron chi connectivity index (χ4n) is 5.33. The molecule has 0 radical (unpaired) electrons. The van der Waals surface area contributed by atoms with Crippen LogP contribution >= 0.6 is 0 Å². The summed E-state index contributed by atoms with van der Waals surface area (Å²) < 4.78 is 2.97. The highest BCUT2D eigenvalue weighted by atomic mass is 16.3. The number of H-pyrrole nitrogens is 2. The SMILES string of the molecule is CCN(CC)c1ccc(C(c2c(C)[nH]n(-c3ccccc3)c2=O)c2c(C)[nH]n(-c3ccccc3)c2=O)c(O)c1. The van der Waals surface area contributed by atoms with Crippen LogP contribution in [0.2, 0.25) is 0 Å². The van der Waals surface area contributed by atoms with Gasteiger partial charge < -0.3 is 10.0 Å². The molecular formula is C31H33N5O3. The van der Waals surface area contributed by atoms with Crippen molar-refractivity contribution < 1.29 is 5.11 Å². The van der Waals surface area contributed by atoms with Crippen LogP contribution in [0.3, 0.4) is 0 Å². The van der Waals surface area contributed by atoms with E-state index in [4.69, 9.17) is 0 Å². The van der Waals surface area contributed by atoms with Crippen molar-refractivity contribution in [3.05, 3.63) is 128 Å². The van der Waals surface area contributed by atoms with Gasteiger partial charge in [-0.3, -0.25) is 19.8 Å². The van der Waals surface area contributed by atoms with Crippen LogP contribution in [0.15, 0.2) is 88.5 Å². The van der Waals surface area contributed by atoms with E-state index < -0.39 is 5.92 Å². The van der Waals surface area contributed by atoms with Crippen molar-refractivity contribution in [1.29, 1.82) is 0 Å². The Balaban J connectivity index is 1.77. The van der Waals surface area contributed by atoms with Gasteiger partial charge in [0.1, 0.15) is 5.75 Å². The smallest absolute Gasteiger partial charge is 0.275 e. The number of hydrogen-bond acceptors (Lipinski definition) is 4. The fourth-order valence-corrected chi connectivity index (χ4v) is 5.33. The Kier molecular flexibility index (Phi) is 7.02. The zero-order valence-electron chi connectivity index (χ0n) is 22.6. The van der Waals surface area contributed by atoms with E-state index in [2.05, 4.69) is 28.9 Å². The van der Waals surface area contributed by atoms with Crippen LogP contribution in [0.25, 0.3) is 11.4 Å². The van der Waals surface area contributed by atoms with Crippen molar-refractivity contribution in [2.75, 3.05) is 18.0 Å². The molecule has 0 saturated carbocycles. The Morgan fingerprint density at radius 2 is 1.21 bits per heavy atom. The molecule has 0 amide bonds. The largest absolute Gasteiger partial charge is 0.508 e. The molecule has 2 heterocycles. The highest BCUT2D eigenvalue weighted by Crippen LogP contribution is 2.38. The number of phenolic OH excluding ortho intramolecular Hbond substituents is 1. The predicted octanol–water partition coefficient (Wildman–Crippen LogP) is 4.99. The average Bonchev–Trinajstić information content (AvgIpc) is 3.41. The first-order valence-corrected chi connectivity index (χ1v) is 13.2. The van der Waals surface area contributed by atoms with Gasteiger partial charge >= 0.3 is 0 Å². The number of hydrogen-bond donors (Lipinski definition) is 3. The van der Waals surface area contributed by atoms with Crippen LogP contribution in [-0.2, 0) is 0 Å². The van der Waals surface area contributed by atoms with Crippen LogP contribution < -0.4 is 16.0 Å². The van der Waals surface area contributed by atoms with E-state index in [0.29, 0.717) is 39.5 Å². The van der Waals surface area contributed by atoms with Gasteiger partial charge in [0.15, 0.2) is 0 Å². The molecule has 0 atom stereocenters. The molecule has 0 aliphatic rings. The van der Waals surface area contributed by atoms with Gasteiger partial charge in [0.2, 0.25) is 0 Å². The van der Waals surface area contributed by atoms with Crippen molar-refractivity contribution in [2.45, 2.75) is 33.6 Å². The third-order valence-electron chi connectivity index (χ3n) is 7.29. The molecule has 0 aliphatic heterocycles. The highest BCUT2D eigenvalue weighted by Gasteiger charge is 2.32. The van der Waals surface area contributed by atoms with Crippen LogP contribution in [0, 0.1) is 13.8 Å². The lowest BCUT2D eigenvalue weighted by Gasteiger charge is -2.23. The lowest BCUT2D eigenvalue weighted by molar-refractivity contribution is 0.467. The molecule has 5 rings (SSSR count). The number of phenols is 1. The summed E-state index contributed by atoms with van der Waals surface area (Å²) in [6.07, 6.45) is 0. The molecule has 3 aromatic carbocycles. The minimum absolute atomic E-state index is 0.0296. The molecule has 8 nitrogen and oxygen atoms in total. The second-order valence-electron chi connectivity index (χ2n) is 9.60. The summed E-state index contributed by atoms with van der Waals surface area (Å²) >= 11 is 0. The normalized spacial score (nSPS) is 11.3. The van der Waals surface area contributed by atoms with Gasteiger partial charge in [-0.1, -0.05) is 42.5 Å². The molecule has 0 unspecified atom stereocenters. The lowest BCUT2D eigenvalue weighted by Crippen LogP contribution is -2.26. The molecule has 0 aliphatic carbocycles. The second kappa shape index (κ2) is 10.6. The molecule has 2 aromatic heterocycles. The number of aromatic hydroxyl groups is 1. The van der Waals surface area contributed by atoms with Gasteiger partial charge in [0, 0.05) is 41.8 Å². The Bertz CT molecular complexity index is 1610. The maximum atomic E-state index is 14.0. The van der Waals surface area contributed by atoms with E-state index in [-0.39, 0.29) is 16.9 Å². The summed E-state index contributed by atoms with van der Waals surface area (Å²) in [7, 11) is 0. The average molecular weight is 524 g/mol. The zero-order valence-corrected chi connectivity index (χ0v) is 22.6. The van der Waals surface area contributed by atoms with Crippen molar-refractivity contribution in [2.24, 2.45) is 0 Å². The van der Waals surface area contributed by atoms with E-state index in [0.717, 1.165) is 18.8 Å². The van der Waals surface area contributed by atoms with Crippen molar-refractivity contribution in [3.63, 3.8) is 0 Å². The first-order valence-electron chi connectivity index (χ1n) is 13.2. The van der Waals surface area contributed by atoms with Crippen LogP contribution in [-0.4, -0.2) is 37.8 Å². The molecule has 200 valence electrons. The number of aromatic amines is 2. The molecule has 3 N–H and O–H groups in total. The maximum absolute atomic E-state index is 14.0. The molecule has 0 saturated heterocycles. The first kappa shape index (κ1) is 25.9. The van der Waals surface area contributed by atoms with E-state index >= 15 is 0 Å². The zero-order chi connectivity index (χ0) is 27.7. The third kappa shape index (κ3) is 4.58. The third-order valence-corrected chi connectivity index (χ3v) is 7.29. The Hall–Kier alpha value is -4.72. The lowest BCUT2D eigenvalue weighted by atomic mass is 9.84. The molecule has 39 heavy (non-hydrogen) atoms. The maximum Gasteiger partial charge on any atom is 0.275 e. The minimum atomic E-state index is -0.807. The van der Waals surface area contributed by atoms with E-state index in [1.54, 1.807) is 6.07 Å². The minimum Gasteiger partial charge on any atom is -0.508 e. The molecule has 8 heteroatoms. The molecule has 0 bridgehead atoms. The van der Waals surface area contributed by atoms with Gasteiger partial charge in [-0.05, 0) is 58.0 Å². The summed E-state index contributed by atoms with van der Waals surface area (Å²) in [5, 5.41) is 17.7. The first-order chi connectivity index (χ1) is 18.8. The summed E-state index contributed by atoms with van der Waals surface area (Å²) in [6, 6.07) is 24.1. The monoisotopic (exact) mass is 523 g/mol. The topological polar surface area (TPSA) is 99.0 Å². The fraction of sp³-hybridized carbons (Fsp3) is 0.226. The summed E-state index contributed by atoms with van der Waals surface area (Å²) in [6.45, 7) is 9.33. The number of benzene rings is 3. The number of nitrogens with zero attached hydrogens (tertiary/aromatic N) is 3. The number of rotatable bonds is 8. The number of aryl methyl sites for hydroxylation is 2. The Morgan fingerprint density at radius 3 is 1.62 bits per heavy atom. The van der Waals surface area contributed by atoms with Crippen molar-refractivity contribution in [3.8, 4) is 17.1 Å². The molecular weight excluding hydrogens is 490 g/mol. The molecule has 5 aromatic rings. The van der Waals surface area contributed by atoms with Crippen molar-refractivity contribution in [1.82, 2.24) is 19.6 Å². The summed E-state index contributed by atoms with van der Waals surface area (Å²) in [5.41, 5.74) is 4.23. The van der Waals surface area contributed by atoms with Gasteiger partial charge in [-0.15, -0.1) is 0 Å². The quantitative estimate of drug-likeness (QED) is 0.267. The summed E-state index contributed by atoms with van der Waals surface area (Å²) in [5.74, 6) is -0.778. The molecule has 0 fully saturated rings. The van der Waals surface area contributed by atoms with E-state index in [1.165, 1.54) is 9.36 Å². The number of para-hydroxylation sites is 2. The standard InChI is InChI=1S/C31H33N5O3/c1-5-34(6-2)24-17-18-25(26(37)19-24)29(27-20(3)32-35(30(27)38)22-13-9-7-10-14-22)28-21(4)33-36(31(28)39)23-15-11-8-12-16-23/h7-19,29,32-33,37H,5-6H2,1-4H3. The van der Waals surface area contributed by atoms with Crippen molar-refractivity contribution >= 4 is 5.69 Å². The van der Waals surface area contributed by atoms with Crippen LogP contribution in [0.4, 0.5) is 5.69 Å². The van der Waals surface area contributed by atoms with Crippen LogP contribution in [0.5, 0.6) is 5.75 Å². The van der Waals surface area contributed by atoms with Crippen LogP contribution in [0.1, 0.15) is 47.8 Å². The van der Waals surface area contributed by atoms with Gasteiger partial charge in [0.25, 0.3) is 11.1 Å². The Morgan fingerprint density at radius 1 is 0.744 bits per heavy atom. The number of anilines is 1. The predicted molar refractivity (Wildman–Crippen MR) is 155 cm³/mol.